The predicted molar refractivity (Wildman–Crippen MR) is 80.4 cm³/mol. The molecule has 0 N–H and O–H groups in total. The Labute approximate surface area is 124 Å². The van der Waals surface area contributed by atoms with Crippen LogP contribution in [0.2, 0.25) is 0 Å². The molecule has 1 unspecified atom stereocenters. The SMILES string of the molecule is Cc1cc(S(=O)(=O)N2CCCCCC2C)sc1CCl. The van der Waals surface area contributed by atoms with Gasteiger partial charge in [-0.05, 0) is 38.3 Å². The molecule has 1 aliphatic heterocycles. The Bertz CT molecular complexity index is 539. The van der Waals surface area contributed by atoms with Crippen molar-refractivity contribution >= 4 is 33.0 Å². The zero-order valence-corrected chi connectivity index (χ0v) is 13.7. The fourth-order valence-corrected chi connectivity index (χ4v) is 6.11. The first-order valence-corrected chi connectivity index (χ1v) is 9.43. The van der Waals surface area contributed by atoms with Crippen molar-refractivity contribution in [3.8, 4) is 0 Å². The van der Waals surface area contributed by atoms with Gasteiger partial charge < -0.3 is 0 Å². The number of halogens is 1. The summed E-state index contributed by atoms with van der Waals surface area (Å²) in [7, 11) is -3.35. The van der Waals surface area contributed by atoms with Crippen LogP contribution in [0, 0.1) is 6.92 Å². The molecule has 108 valence electrons. The Kier molecular flexibility index (Phi) is 4.93. The highest BCUT2D eigenvalue weighted by molar-refractivity contribution is 7.91. The Hall–Kier alpha value is -0.100. The van der Waals surface area contributed by atoms with Crippen molar-refractivity contribution in [3.63, 3.8) is 0 Å². The minimum atomic E-state index is -3.35. The molecular weight excluding hydrogens is 302 g/mol. The molecule has 1 atom stereocenters. The minimum absolute atomic E-state index is 0.0920. The standard InChI is InChI=1S/C13H20ClNO2S2/c1-10-8-13(18-12(10)9-14)19(16,17)15-7-5-3-4-6-11(15)2/h8,11H,3-7,9H2,1-2H3. The second kappa shape index (κ2) is 6.12. The van der Waals surface area contributed by atoms with Crippen LogP contribution in [0.4, 0.5) is 0 Å². The number of nitrogens with zero attached hydrogens (tertiary/aromatic N) is 1. The summed E-state index contributed by atoms with van der Waals surface area (Å²) in [4.78, 5) is 0.947. The molecule has 1 saturated heterocycles. The minimum Gasteiger partial charge on any atom is -0.206 e. The number of rotatable bonds is 3. The monoisotopic (exact) mass is 321 g/mol. The molecule has 6 heteroatoms. The van der Waals surface area contributed by atoms with E-state index in [0.29, 0.717) is 16.6 Å². The summed E-state index contributed by atoms with van der Waals surface area (Å²) < 4.78 is 27.6. The highest BCUT2D eigenvalue weighted by Crippen LogP contribution is 2.32. The topological polar surface area (TPSA) is 37.4 Å². The van der Waals surface area contributed by atoms with Crippen molar-refractivity contribution in [1.29, 1.82) is 0 Å². The lowest BCUT2D eigenvalue weighted by Crippen LogP contribution is -2.37. The quantitative estimate of drug-likeness (QED) is 0.795. The third kappa shape index (κ3) is 3.15. The van der Waals surface area contributed by atoms with Crippen molar-refractivity contribution in [2.75, 3.05) is 6.54 Å². The van der Waals surface area contributed by atoms with Gasteiger partial charge in [0.15, 0.2) is 0 Å². The van der Waals surface area contributed by atoms with Crippen LogP contribution in [0.5, 0.6) is 0 Å². The van der Waals surface area contributed by atoms with E-state index in [0.717, 1.165) is 36.1 Å². The first-order valence-electron chi connectivity index (χ1n) is 6.64. The zero-order chi connectivity index (χ0) is 14.0. The third-order valence-electron chi connectivity index (χ3n) is 3.67. The van der Waals surface area contributed by atoms with Crippen LogP contribution in [-0.2, 0) is 15.9 Å². The van der Waals surface area contributed by atoms with Crippen LogP contribution >= 0.6 is 22.9 Å². The molecule has 1 aromatic heterocycles. The lowest BCUT2D eigenvalue weighted by atomic mass is 10.1. The number of aryl methyl sites for hydroxylation is 1. The highest BCUT2D eigenvalue weighted by Gasteiger charge is 2.31. The largest absolute Gasteiger partial charge is 0.252 e. The number of hydrogen-bond acceptors (Lipinski definition) is 3. The lowest BCUT2D eigenvalue weighted by molar-refractivity contribution is 0.343. The molecule has 1 aromatic rings. The van der Waals surface area contributed by atoms with E-state index in [1.165, 1.54) is 11.3 Å². The molecular formula is C13H20ClNO2S2. The Morgan fingerprint density at radius 2 is 2.16 bits per heavy atom. The molecule has 2 heterocycles. The molecule has 0 bridgehead atoms. The molecule has 3 nitrogen and oxygen atoms in total. The average Bonchev–Trinajstić information content (AvgIpc) is 2.60. The first-order chi connectivity index (χ1) is 8.96. The molecule has 0 radical (unpaired) electrons. The molecule has 0 spiro atoms. The van der Waals surface area contributed by atoms with Gasteiger partial charge in [-0.25, -0.2) is 8.42 Å². The van der Waals surface area contributed by atoms with Gasteiger partial charge in [-0.2, -0.15) is 4.31 Å². The summed E-state index contributed by atoms with van der Waals surface area (Å²) in [5.41, 5.74) is 0.973. The van der Waals surface area contributed by atoms with Crippen LogP contribution in [0.3, 0.4) is 0 Å². The molecule has 0 aromatic carbocycles. The van der Waals surface area contributed by atoms with Crippen LogP contribution in [-0.4, -0.2) is 25.3 Å². The van der Waals surface area contributed by atoms with Gasteiger partial charge in [-0.3, -0.25) is 0 Å². The van der Waals surface area contributed by atoms with Crippen molar-refractivity contribution in [2.45, 2.75) is 55.7 Å². The van der Waals surface area contributed by atoms with E-state index < -0.39 is 10.0 Å². The summed E-state index contributed by atoms with van der Waals surface area (Å²) >= 11 is 7.15. The number of alkyl halides is 1. The molecule has 2 rings (SSSR count). The molecule has 0 amide bonds. The van der Waals surface area contributed by atoms with Gasteiger partial charge in [0.1, 0.15) is 4.21 Å². The smallest absolute Gasteiger partial charge is 0.206 e. The Morgan fingerprint density at radius 3 is 2.79 bits per heavy atom. The fraction of sp³-hybridized carbons (Fsp3) is 0.692. The maximum absolute atomic E-state index is 12.7. The van der Waals surface area contributed by atoms with Gasteiger partial charge >= 0.3 is 0 Å². The van der Waals surface area contributed by atoms with Gasteiger partial charge in [0.05, 0.1) is 5.88 Å². The maximum atomic E-state index is 12.7. The lowest BCUT2D eigenvalue weighted by Gasteiger charge is -2.25. The van der Waals surface area contributed by atoms with Crippen LogP contribution in [0.25, 0.3) is 0 Å². The summed E-state index contributed by atoms with van der Waals surface area (Å²) in [6, 6.07) is 1.85. The molecule has 0 saturated carbocycles. The summed E-state index contributed by atoms with van der Waals surface area (Å²) in [5.74, 6) is 0.377. The summed E-state index contributed by atoms with van der Waals surface area (Å²) in [6.45, 7) is 4.56. The number of thiophene rings is 1. The van der Waals surface area contributed by atoms with Gasteiger partial charge in [0.25, 0.3) is 10.0 Å². The van der Waals surface area contributed by atoms with Gasteiger partial charge in [-0.15, -0.1) is 22.9 Å². The number of sulfonamides is 1. The van der Waals surface area contributed by atoms with Crippen molar-refractivity contribution in [3.05, 3.63) is 16.5 Å². The number of hydrogen-bond donors (Lipinski definition) is 0. The van der Waals surface area contributed by atoms with E-state index >= 15 is 0 Å². The van der Waals surface area contributed by atoms with Crippen molar-refractivity contribution in [2.24, 2.45) is 0 Å². The average molecular weight is 322 g/mol. The molecule has 0 aliphatic carbocycles. The summed E-state index contributed by atoms with van der Waals surface area (Å²) in [5, 5.41) is 0. The van der Waals surface area contributed by atoms with E-state index in [1.807, 2.05) is 13.8 Å². The second-order valence-corrected chi connectivity index (χ2v) is 8.64. The normalized spacial score (nSPS) is 22.4. The van der Waals surface area contributed by atoms with Crippen molar-refractivity contribution in [1.82, 2.24) is 4.31 Å². The van der Waals surface area contributed by atoms with Crippen molar-refractivity contribution < 1.29 is 8.42 Å². The maximum Gasteiger partial charge on any atom is 0.252 e. The fourth-order valence-electron chi connectivity index (χ4n) is 2.47. The van der Waals surface area contributed by atoms with E-state index in [9.17, 15) is 8.42 Å². The predicted octanol–water partition coefficient (Wildman–Crippen LogP) is 3.75. The van der Waals surface area contributed by atoms with E-state index in [-0.39, 0.29) is 6.04 Å². The van der Waals surface area contributed by atoms with Gasteiger partial charge in [-0.1, -0.05) is 12.8 Å². The first kappa shape index (κ1) is 15.3. The Balaban J connectivity index is 2.34. The third-order valence-corrected chi connectivity index (χ3v) is 7.80. The van der Waals surface area contributed by atoms with E-state index in [2.05, 4.69) is 0 Å². The molecule has 1 aliphatic rings. The Morgan fingerprint density at radius 1 is 1.42 bits per heavy atom. The van der Waals surface area contributed by atoms with Gasteiger partial charge in [0, 0.05) is 17.5 Å². The van der Waals surface area contributed by atoms with Crippen LogP contribution in [0.15, 0.2) is 10.3 Å². The molecule has 19 heavy (non-hydrogen) atoms. The zero-order valence-electron chi connectivity index (χ0n) is 11.4. The van der Waals surface area contributed by atoms with Crippen LogP contribution < -0.4 is 0 Å². The van der Waals surface area contributed by atoms with Crippen LogP contribution in [0.1, 0.15) is 43.0 Å². The molecule has 1 fully saturated rings. The second-order valence-electron chi connectivity index (χ2n) is 5.12. The van der Waals surface area contributed by atoms with Gasteiger partial charge in [0.2, 0.25) is 0 Å². The van der Waals surface area contributed by atoms with E-state index in [4.69, 9.17) is 11.6 Å². The summed E-state index contributed by atoms with van der Waals surface area (Å²) in [6.07, 6.45) is 4.14. The van der Waals surface area contributed by atoms with E-state index in [1.54, 1.807) is 10.4 Å². The highest BCUT2D eigenvalue weighted by atomic mass is 35.5.